The first-order valence-corrected chi connectivity index (χ1v) is 14.3. The zero-order chi connectivity index (χ0) is 29.6. The summed E-state index contributed by atoms with van der Waals surface area (Å²) in [5, 5.41) is 10.2. The van der Waals surface area contributed by atoms with Crippen LogP contribution in [0.4, 0.5) is 0 Å². The van der Waals surface area contributed by atoms with Gasteiger partial charge in [0.1, 0.15) is 12.1 Å². The molecule has 5 aromatic rings. The van der Waals surface area contributed by atoms with Crippen LogP contribution in [0.1, 0.15) is 71.3 Å². The molecule has 0 saturated heterocycles. The number of aromatic nitrogens is 2. The summed E-state index contributed by atoms with van der Waals surface area (Å²) < 4.78 is 6.06. The summed E-state index contributed by atoms with van der Waals surface area (Å²) in [7, 11) is 0. The van der Waals surface area contributed by atoms with Crippen LogP contribution < -0.4 is 0 Å². The minimum absolute atomic E-state index is 0. The molecule has 3 aromatic carbocycles. The maximum Gasteiger partial charge on any atom is 3.00 e. The minimum atomic E-state index is -0.00815. The average Bonchev–Trinajstić information content (AvgIpc) is 3.29. The fourth-order valence-corrected chi connectivity index (χ4v) is 4.58. The molecular weight excluding hydrogens is 697 g/mol. The molecule has 6 heteroatoms. The molecule has 0 aliphatic carbocycles. The molecule has 0 spiro atoms. The third-order valence-corrected chi connectivity index (χ3v) is 6.67. The Kier molecular flexibility index (Phi) is 11.8. The summed E-state index contributed by atoms with van der Waals surface area (Å²) >= 11 is 0. The number of aryl methyl sites for hydroxylation is 1. The zero-order valence-electron chi connectivity index (χ0n) is 25.8. The van der Waals surface area contributed by atoms with E-state index < -0.39 is 0 Å². The average molecular weight is 738 g/mol. The van der Waals surface area contributed by atoms with Crippen LogP contribution in [-0.2, 0) is 25.5 Å². The van der Waals surface area contributed by atoms with Gasteiger partial charge in [-0.05, 0) is 17.9 Å². The maximum atomic E-state index is 6.06. The van der Waals surface area contributed by atoms with Gasteiger partial charge in [0, 0.05) is 16.6 Å². The Labute approximate surface area is 264 Å². The normalized spacial score (nSPS) is 11.5. The Hall–Kier alpha value is -3.15. The molecule has 0 unspecified atom stereocenters. The molecule has 0 aliphatic rings. The molecule has 0 atom stereocenters. The van der Waals surface area contributed by atoms with E-state index in [1.54, 1.807) is 6.33 Å². The second-order valence-corrected chi connectivity index (χ2v) is 11.8. The van der Waals surface area contributed by atoms with Crippen molar-refractivity contribution in [3.05, 3.63) is 119 Å². The van der Waals surface area contributed by atoms with Crippen LogP contribution in [0, 0.1) is 13.0 Å². The molecule has 220 valence electrons. The van der Waals surface area contributed by atoms with E-state index in [1.165, 1.54) is 11.1 Å². The molecule has 2 heterocycles. The molecule has 0 radical (unpaired) electrons. The molecule has 0 aliphatic heterocycles. The number of furan rings is 1. The van der Waals surface area contributed by atoms with Crippen molar-refractivity contribution in [3.63, 3.8) is 0 Å². The van der Waals surface area contributed by atoms with Crippen molar-refractivity contribution in [1.29, 1.82) is 0 Å². The van der Waals surface area contributed by atoms with Crippen molar-refractivity contribution >= 4 is 11.1 Å². The number of hydrogen-bond acceptors (Lipinski definition) is 3. The monoisotopic (exact) mass is 738 g/mol. The summed E-state index contributed by atoms with van der Waals surface area (Å²) in [6.07, 6.45) is 1.55. The van der Waals surface area contributed by atoms with Gasteiger partial charge in [0.15, 0.2) is 0 Å². The molecule has 0 bridgehead atoms. The molecule has 42 heavy (non-hydrogen) atoms. The number of hydrogen-bond donors (Lipinski definition) is 0. The van der Waals surface area contributed by atoms with E-state index in [9.17, 15) is 0 Å². The predicted octanol–water partition coefficient (Wildman–Crippen LogP) is 10.2. The standard InChI is InChI=1S/C23H21N2O.C13H20N2.Ir/c1-15-19-20(16-10-12-18(13-11-16)23(2,3)4)24-14-25-22(19)26-21(15)17-8-6-5-7-9-17;1-10(2)14-13(15-11(3)4)12-8-6-5-7-9-12;/h5-10,12-14H,1-4H3;5-11,13H,1-4H3;/q-1;-2;+3. The second-order valence-electron chi connectivity index (χ2n) is 11.8. The Morgan fingerprint density at radius 1 is 0.786 bits per heavy atom. The van der Waals surface area contributed by atoms with Crippen molar-refractivity contribution in [1.82, 2.24) is 9.97 Å². The van der Waals surface area contributed by atoms with Gasteiger partial charge >= 0.3 is 20.1 Å². The van der Waals surface area contributed by atoms with E-state index in [-0.39, 0.29) is 31.7 Å². The van der Waals surface area contributed by atoms with Gasteiger partial charge in [0.25, 0.3) is 0 Å². The molecule has 0 saturated carbocycles. The summed E-state index contributed by atoms with van der Waals surface area (Å²) in [6, 6.07) is 30.7. The van der Waals surface area contributed by atoms with Crippen LogP contribution in [0.15, 0.2) is 89.6 Å². The minimum Gasteiger partial charge on any atom is -0.672 e. The number of rotatable bonds is 7. The Balaban J connectivity index is 0.000000260. The third kappa shape index (κ3) is 8.45. The van der Waals surface area contributed by atoms with Crippen molar-refractivity contribution in [2.75, 3.05) is 0 Å². The Morgan fingerprint density at radius 2 is 1.38 bits per heavy atom. The van der Waals surface area contributed by atoms with Gasteiger partial charge in [0.05, 0.1) is 0 Å². The molecule has 0 fully saturated rings. The smallest absolute Gasteiger partial charge is 0.672 e. The fraction of sp³-hybridized carbons (Fsp3) is 0.333. The number of benzene rings is 3. The number of nitrogens with zero attached hydrogens (tertiary/aromatic N) is 4. The first-order chi connectivity index (χ1) is 19.5. The van der Waals surface area contributed by atoms with Crippen LogP contribution in [0.2, 0.25) is 0 Å². The first kappa shape index (κ1) is 33.4. The molecule has 0 amide bonds. The van der Waals surface area contributed by atoms with Crippen LogP contribution in [-0.4, -0.2) is 22.1 Å². The van der Waals surface area contributed by atoms with Crippen molar-refractivity contribution < 1.29 is 24.5 Å². The summed E-state index contributed by atoms with van der Waals surface area (Å²) in [4.78, 5) is 8.87. The van der Waals surface area contributed by atoms with Gasteiger partial charge in [-0.3, -0.25) is 4.98 Å². The van der Waals surface area contributed by atoms with Gasteiger partial charge in [-0.1, -0.05) is 115 Å². The SMILES string of the molecule is CC(C)[N-]C([N-]C(C)C)c1ccccc1.Cc1c(-c2ccccc2)oc2ncnc(-c3[c-]cc(C(C)(C)C)cc3)c12.[Ir+3]. The molecule has 5 rings (SSSR count). The van der Waals surface area contributed by atoms with E-state index in [4.69, 9.17) is 4.42 Å². The summed E-state index contributed by atoms with van der Waals surface area (Å²) in [5.74, 6) is 0.841. The van der Waals surface area contributed by atoms with Gasteiger partial charge < -0.3 is 15.1 Å². The second kappa shape index (κ2) is 14.8. The van der Waals surface area contributed by atoms with Crippen LogP contribution in [0.25, 0.3) is 44.3 Å². The molecule has 2 aromatic heterocycles. The molecule has 0 N–H and O–H groups in total. The summed E-state index contributed by atoms with van der Waals surface area (Å²) in [6.45, 7) is 17.0. The molecule has 5 nitrogen and oxygen atoms in total. The van der Waals surface area contributed by atoms with E-state index in [1.807, 2.05) is 48.5 Å². The first-order valence-electron chi connectivity index (χ1n) is 14.3. The zero-order valence-corrected chi connectivity index (χ0v) is 28.2. The third-order valence-electron chi connectivity index (χ3n) is 6.67. The van der Waals surface area contributed by atoms with Crippen molar-refractivity contribution in [2.45, 2.75) is 79.1 Å². The van der Waals surface area contributed by atoms with Crippen LogP contribution in [0.5, 0.6) is 0 Å². The van der Waals surface area contributed by atoms with E-state index in [0.29, 0.717) is 17.8 Å². The fourth-order valence-electron chi connectivity index (χ4n) is 4.58. The van der Waals surface area contributed by atoms with Gasteiger partial charge in [-0.15, -0.1) is 47.5 Å². The van der Waals surface area contributed by atoms with Gasteiger partial charge in [0.2, 0.25) is 5.71 Å². The van der Waals surface area contributed by atoms with E-state index in [0.717, 1.165) is 33.5 Å². The van der Waals surface area contributed by atoms with E-state index >= 15 is 0 Å². The van der Waals surface area contributed by atoms with Crippen LogP contribution in [0.3, 0.4) is 0 Å². The number of fused-ring (bicyclic) bond motifs is 1. The maximum absolute atomic E-state index is 6.06. The van der Waals surface area contributed by atoms with Gasteiger partial charge in [-0.25, -0.2) is 11.1 Å². The topological polar surface area (TPSA) is 67.1 Å². The Bertz CT molecular complexity index is 1510. The quantitative estimate of drug-likeness (QED) is 0.156. The van der Waals surface area contributed by atoms with Crippen molar-refractivity contribution in [2.24, 2.45) is 0 Å². The predicted molar refractivity (Wildman–Crippen MR) is 171 cm³/mol. The summed E-state index contributed by atoms with van der Waals surface area (Å²) in [5.41, 5.74) is 7.05. The van der Waals surface area contributed by atoms with E-state index in [2.05, 4.69) is 112 Å². The largest absolute Gasteiger partial charge is 3.00 e. The van der Waals surface area contributed by atoms with Gasteiger partial charge in [-0.2, -0.15) is 0 Å². The Morgan fingerprint density at radius 3 is 1.90 bits per heavy atom. The van der Waals surface area contributed by atoms with Crippen molar-refractivity contribution in [3.8, 4) is 22.6 Å². The van der Waals surface area contributed by atoms with Crippen LogP contribution >= 0.6 is 0 Å². The molecular formula is C36H41IrN4O.